The summed E-state index contributed by atoms with van der Waals surface area (Å²) in [4.78, 5) is 34.5. The molecule has 34 heavy (non-hydrogen) atoms. The van der Waals surface area contributed by atoms with E-state index in [4.69, 9.17) is 15.2 Å². The van der Waals surface area contributed by atoms with Gasteiger partial charge in [-0.1, -0.05) is 6.07 Å². The number of hydrogen-bond acceptors (Lipinski definition) is 7. The molecule has 1 aliphatic heterocycles. The van der Waals surface area contributed by atoms with Gasteiger partial charge in [0.15, 0.2) is 5.82 Å². The summed E-state index contributed by atoms with van der Waals surface area (Å²) in [6, 6.07) is 3.94. The van der Waals surface area contributed by atoms with Crippen LogP contribution in [0.2, 0.25) is 0 Å². The molecule has 0 bridgehead atoms. The molecule has 10 heteroatoms. The molecule has 5 rings (SSSR count). The third-order valence-corrected chi connectivity index (χ3v) is 5.90. The van der Waals surface area contributed by atoms with Crippen LogP contribution in [0.3, 0.4) is 0 Å². The number of benzene rings is 1. The Hall–Kier alpha value is -3.82. The summed E-state index contributed by atoms with van der Waals surface area (Å²) in [6.45, 7) is 7.00. The lowest BCUT2D eigenvalue weighted by Crippen LogP contribution is -2.40. The molecule has 3 aromatic rings. The summed E-state index contributed by atoms with van der Waals surface area (Å²) >= 11 is 0. The van der Waals surface area contributed by atoms with Gasteiger partial charge in [0.2, 0.25) is 0 Å². The fourth-order valence-corrected chi connectivity index (χ4v) is 4.41. The average Bonchev–Trinajstić information content (AvgIpc) is 3.38. The maximum atomic E-state index is 12.9. The van der Waals surface area contributed by atoms with E-state index < -0.39 is 17.8 Å². The second-order valence-electron chi connectivity index (χ2n) is 9.82. The Balaban J connectivity index is 1.76. The molecule has 1 aromatic carbocycles. The first-order valence-corrected chi connectivity index (χ1v) is 11.2. The number of amides is 2. The fraction of sp³-hybridized carbons (Fsp3) is 0.417. The van der Waals surface area contributed by atoms with E-state index in [1.807, 2.05) is 23.8 Å². The highest BCUT2D eigenvalue weighted by atomic mass is 16.6. The maximum Gasteiger partial charge on any atom is 0.425 e. The van der Waals surface area contributed by atoms with Crippen molar-refractivity contribution in [2.75, 3.05) is 10.6 Å². The Morgan fingerprint density at radius 1 is 1.24 bits per heavy atom. The minimum absolute atomic E-state index is 0.0387. The number of nitrogen functional groups attached to an aromatic ring is 1. The van der Waals surface area contributed by atoms with Crippen molar-refractivity contribution in [2.45, 2.75) is 64.7 Å². The topological polar surface area (TPSA) is 133 Å². The molecule has 3 N–H and O–H groups in total. The van der Waals surface area contributed by atoms with E-state index in [2.05, 4.69) is 9.97 Å². The van der Waals surface area contributed by atoms with Crippen LogP contribution in [0.25, 0.3) is 22.2 Å². The van der Waals surface area contributed by atoms with Gasteiger partial charge < -0.3 is 24.9 Å². The Labute approximate surface area is 196 Å². The first-order valence-electron chi connectivity index (χ1n) is 11.2. The predicted octanol–water partition coefficient (Wildman–Crippen LogP) is 4.76. The van der Waals surface area contributed by atoms with Gasteiger partial charge in [-0.25, -0.2) is 19.6 Å². The molecule has 2 aliphatic rings. The summed E-state index contributed by atoms with van der Waals surface area (Å²) < 4.78 is 13.4. The highest BCUT2D eigenvalue weighted by Crippen LogP contribution is 2.47. The molecule has 0 saturated heterocycles. The molecular weight excluding hydrogens is 438 g/mol. The molecular formula is C24H27N5O5. The number of hydrogen-bond donors (Lipinski definition) is 2. The Morgan fingerprint density at radius 2 is 1.97 bits per heavy atom. The van der Waals surface area contributed by atoms with Crippen molar-refractivity contribution in [1.29, 1.82) is 0 Å². The van der Waals surface area contributed by atoms with Crippen molar-refractivity contribution in [3.63, 3.8) is 0 Å². The second kappa shape index (κ2) is 7.61. The molecule has 10 nitrogen and oxygen atoms in total. The van der Waals surface area contributed by atoms with Crippen LogP contribution in [0.15, 0.2) is 24.7 Å². The van der Waals surface area contributed by atoms with E-state index in [0.717, 1.165) is 29.5 Å². The van der Waals surface area contributed by atoms with Crippen molar-refractivity contribution >= 4 is 34.7 Å². The Morgan fingerprint density at radius 3 is 2.62 bits per heavy atom. The van der Waals surface area contributed by atoms with Crippen molar-refractivity contribution < 1.29 is 24.2 Å². The molecule has 1 atom stereocenters. The van der Waals surface area contributed by atoms with Crippen LogP contribution in [0.4, 0.5) is 21.1 Å². The highest BCUT2D eigenvalue weighted by Gasteiger charge is 2.36. The summed E-state index contributed by atoms with van der Waals surface area (Å²) in [5.41, 5.74) is 8.91. The molecule has 3 heterocycles. The first kappa shape index (κ1) is 22.0. The van der Waals surface area contributed by atoms with E-state index in [-0.39, 0.29) is 18.0 Å². The van der Waals surface area contributed by atoms with Gasteiger partial charge in [-0.05, 0) is 52.2 Å². The number of carbonyl (C=O) groups is 2. The van der Waals surface area contributed by atoms with Crippen LogP contribution in [-0.2, 0) is 11.2 Å². The number of aromatic nitrogens is 3. The van der Waals surface area contributed by atoms with Gasteiger partial charge in [-0.2, -0.15) is 4.90 Å². The lowest BCUT2D eigenvalue weighted by molar-refractivity contribution is 0.0581. The van der Waals surface area contributed by atoms with Crippen LogP contribution in [-0.4, -0.2) is 43.5 Å². The number of ether oxygens (including phenoxy) is 2. The largest absolute Gasteiger partial charge is 0.488 e. The monoisotopic (exact) mass is 465 g/mol. The smallest absolute Gasteiger partial charge is 0.425 e. The first-order chi connectivity index (χ1) is 16.0. The maximum absolute atomic E-state index is 12.9. The van der Waals surface area contributed by atoms with Crippen LogP contribution in [0, 0.1) is 0 Å². The van der Waals surface area contributed by atoms with E-state index in [0.29, 0.717) is 33.8 Å². The average molecular weight is 466 g/mol. The zero-order valence-electron chi connectivity index (χ0n) is 19.5. The van der Waals surface area contributed by atoms with E-state index >= 15 is 0 Å². The zero-order chi connectivity index (χ0) is 24.4. The predicted molar refractivity (Wildman–Crippen MR) is 126 cm³/mol. The summed E-state index contributed by atoms with van der Waals surface area (Å²) in [7, 11) is 0. The SMILES string of the molecule is CC1Cc2c(-c3cn(C4CC4)c4ncnc(N(C(=O)O)C(=O)OC(C)(C)C)c34)ccc(N)c2O1. The third-order valence-electron chi connectivity index (χ3n) is 5.90. The van der Waals surface area contributed by atoms with Gasteiger partial charge >= 0.3 is 12.2 Å². The van der Waals surface area contributed by atoms with Crippen LogP contribution >= 0.6 is 0 Å². The quantitative estimate of drug-likeness (QED) is 0.529. The number of carboxylic acid groups (broad SMARTS) is 1. The number of fused-ring (bicyclic) bond motifs is 2. The van der Waals surface area contributed by atoms with Crippen LogP contribution in [0.1, 0.15) is 52.1 Å². The molecule has 1 aliphatic carbocycles. The van der Waals surface area contributed by atoms with Crippen LogP contribution < -0.4 is 15.4 Å². The van der Waals surface area contributed by atoms with Gasteiger partial charge in [-0.3, -0.25) is 0 Å². The van der Waals surface area contributed by atoms with Crippen molar-refractivity contribution in [3.05, 3.63) is 30.2 Å². The van der Waals surface area contributed by atoms with E-state index in [1.165, 1.54) is 6.33 Å². The molecule has 0 radical (unpaired) electrons. The normalized spacial score (nSPS) is 17.4. The molecule has 2 amide bonds. The Kier molecular flexibility index (Phi) is 4.92. The molecule has 2 aromatic heterocycles. The van der Waals surface area contributed by atoms with Crippen molar-refractivity contribution in [1.82, 2.24) is 14.5 Å². The van der Waals surface area contributed by atoms with E-state index in [9.17, 15) is 14.7 Å². The molecule has 1 unspecified atom stereocenters. The zero-order valence-corrected chi connectivity index (χ0v) is 19.5. The number of carbonyl (C=O) groups excluding carboxylic acids is 1. The van der Waals surface area contributed by atoms with Gasteiger partial charge in [0.1, 0.15) is 29.4 Å². The number of nitrogens with zero attached hydrogens (tertiary/aromatic N) is 4. The second-order valence-corrected chi connectivity index (χ2v) is 9.82. The Bertz CT molecular complexity index is 1320. The number of anilines is 2. The standard InChI is InChI=1S/C24H27N5O5/c1-12-9-15-14(7-8-17(25)19(15)33-12)16-10-28(13-5-6-13)20-18(16)21(27-11-26-20)29(22(30)31)23(32)34-24(2,3)4/h7-8,10-13H,5-6,9,25H2,1-4H3,(H,30,31). The van der Waals surface area contributed by atoms with Crippen LogP contribution in [0.5, 0.6) is 5.75 Å². The van der Waals surface area contributed by atoms with Gasteiger partial charge in [0, 0.05) is 29.8 Å². The lowest BCUT2D eigenvalue weighted by Gasteiger charge is -2.24. The highest BCUT2D eigenvalue weighted by molar-refractivity contribution is 6.15. The van der Waals surface area contributed by atoms with Crippen molar-refractivity contribution in [2.24, 2.45) is 0 Å². The minimum atomic E-state index is -1.49. The number of rotatable bonds is 3. The van der Waals surface area contributed by atoms with Crippen molar-refractivity contribution in [3.8, 4) is 16.9 Å². The summed E-state index contributed by atoms with van der Waals surface area (Å²) in [5, 5.41) is 10.5. The van der Waals surface area contributed by atoms with Gasteiger partial charge in [-0.15, -0.1) is 0 Å². The molecule has 1 saturated carbocycles. The van der Waals surface area contributed by atoms with E-state index in [1.54, 1.807) is 26.8 Å². The summed E-state index contributed by atoms with van der Waals surface area (Å²) in [5.74, 6) is 0.594. The fourth-order valence-electron chi connectivity index (χ4n) is 4.41. The number of nitrogens with two attached hydrogens (primary N) is 1. The lowest BCUT2D eigenvalue weighted by atomic mass is 9.96. The third kappa shape index (κ3) is 3.68. The van der Waals surface area contributed by atoms with Gasteiger partial charge in [0.05, 0.1) is 11.1 Å². The summed E-state index contributed by atoms with van der Waals surface area (Å²) in [6.07, 6.45) is 3.34. The minimum Gasteiger partial charge on any atom is -0.488 e. The van der Waals surface area contributed by atoms with Gasteiger partial charge in [0.25, 0.3) is 0 Å². The molecule has 178 valence electrons. The molecule has 0 spiro atoms. The number of imide groups is 1. The molecule has 1 fully saturated rings.